The number of rotatable bonds is 3. The first-order valence-electron chi connectivity index (χ1n) is 4.43. The summed E-state index contributed by atoms with van der Waals surface area (Å²) in [6, 6.07) is 1.02. The zero-order chi connectivity index (χ0) is 11.1. The van der Waals surface area contributed by atoms with Gasteiger partial charge in [0.1, 0.15) is 0 Å². The van der Waals surface area contributed by atoms with Crippen molar-refractivity contribution in [3.8, 4) is 0 Å². The highest BCUT2D eigenvalue weighted by Crippen LogP contribution is 2.48. The Balaban J connectivity index is 2.21. The predicted molar refractivity (Wildman–Crippen MR) is 44.6 cm³/mol. The molecule has 0 bridgehead atoms. The Labute approximate surface area is 83.6 Å². The Morgan fingerprint density at radius 3 is 2.60 bits per heavy atom. The summed E-state index contributed by atoms with van der Waals surface area (Å²) in [4.78, 5) is 4.49. The first-order valence-corrected chi connectivity index (χ1v) is 4.43. The fraction of sp³-hybridized carbons (Fsp3) is 0.625. The third-order valence-corrected chi connectivity index (χ3v) is 2.65. The second-order valence-corrected chi connectivity index (χ2v) is 3.76. The van der Waals surface area contributed by atoms with Gasteiger partial charge in [-0.05, 0) is 18.9 Å². The number of aromatic nitrogens is 2. The normalized spacial score (nSPS) is 19.2. The van der Waals surface area contributed by atoms with Crippen LogP contribution in [0, 0.1) is 0 Å². The summed E-state index contributed by atoms with van der Waals surface area (Å²) in [6.07, 6.45) is -2.87. The lowest BCUT2D eigenvalue weighted by Crippen LogP contribution is -2.18. The minimum absolute atomic E-state index is 0.215. The van der Waals surface area contributed by atoms with Crippen molar-refractivity contribution >= 4 is 0 Å². The molecule has 2 rings (SSSR count). The van der Waals surface area contributed by atoms with E-state index in [1.807, 2.05) is 0 Å². The van der Waals surface area contributed by atoms with E-state index in [1.165, 1.54) is 0 Å². The van der Waals surface area contributed by atoms with E-state index in [9.17, 15) is 13.2 Å². The average molecular weight is 221 g/mol. The van der Waals surface area contributed by atoms with Crippen molar-refractivity contribution in [2.24, 2.45) is 5.90 Å². The number of aromatic amines is 1. The standard InChI is InChI=1S/C8H10F3N3O/c9-8(10,11)6-3-5(13-14-6)7(1-2-7)4-15-12/h3H,1-2,4,12H2,(H,13,14). The highest BCUT2D eigenvalue weighted by atomic mass is 19.4. The lowest BCUT2D eigenvalue weighted by atomic mass is 10.0. The van der Waals surface area contributed by atoms with Crippen LogP contribution < -0.4 is 5.90 Å². The molecule has 0 spiro atoms. The second-order valence-electron chi connectivity index (χ2n) is 3.76. The molecular weight excluding hydrogens is 211 g/mol. The van der Waals surface area contributed by atoms with Crippen LogP contribution in [0.1, 0.15) is 24.2 Å². The van der Waals surface area contributed by atoms with Crippen LogP contribution in [0.3, 0.4) is 0 Å². The molecule has 7 heteroatoms. The van der Waals surface area contributed by atoms with Crippen molar-refractivity contribution in [3.05, 3.63) is 17.5 Å². The van der Waals surface area contributed by atoms with Crippen molar-refractivity contribution in [1.82, 2.24) is 10.2 Å². The topological polar surface area (TPSA) is 63.9 Å². The van der Waals surface area contributed by atoms with Gasteiger partial charge in [0.15, 0.2) is 5.69 Å². The molecule has 1 aliphatic carbocycles. The van der Waals surface area contributed by atoms with Crippen LogP contribution >= 0.6 is 0 Å². The van der Waals surface area contributed by atoms with Crippen molar-refractivity contribution in [1.29, 1.82) is 0 Å². The molecule has 1 aliphatic rings. The van der Waals surface area contributed by atoms with E-state index in [4.69, 9.17) is 5.90 Å². The molecule has 0 unspecified atom stereocenters. The van der Waals surface area contributed by atoms with Gasteiger partial charge in [0.25, 0.3) is 0 Å². The average Bonchev–Trinajstić information content (AvgIpc) is 2.75. The van der Waals surface area contributed by atoms with Gasteiger partial charge in [0.2, 0.25) is 0 Å². The molecule has 1 saturated carbocycles. The molecule has 0 saturated heterocycles. The minimum Gasteiger partial charge on any atom is -0.304 e. The molecule has 0 aromatic carbocycles. The molecule has 0 amide bonds. The number of nitrogens with two attached hydrogens (primary N) is 1. The molecule has 15 heavy (non-hydrogen) atoms. The van der Waals surface area contributed by atoms with E-state index in [0.717, 1.165) is 18.9 Å². The molecular formula is C8H10F3N3O. The molecule has 84 valence electrons. The van der Waals surface area contributed by atoms with Crippen LogP contribution in [-0.4, -0.2) is 16.8 Å². The van der Waals surface area contributed by atoms with Gasteiger partial charge in [0.05, 0.1) is 6.61 Å². The number of hydrogen-bond donors (Lipinski definition) is 2. The summed E-state index contributed by atoms with van der Waals surface area (Å²) in [5.74, 6) is 4.93. The lowest BCUT2D eigenvalue weighted by molar-refractivity contribution is -0.141. The maximum Gasteiger partial charge on any atom is 0.435 e. The van der Waals surface area contributed by atoms with E-state index in [-0.39, 0.29) is 12.0 Å². The first kappa shape index (κ1) is 10.4. The smallest absolute Gasteiger partial charge is 0.304 e. The van der Waals surface area contributed by atoms with Gasteiger partial charge >= 0.3 is 6.18 Å². The maximum absolute atomic E-state index is 12.3. The Bertz CT molecular complexity index is 356. The Hall–Kier alpha value is -1.08. The third kappa shape index (κ3) is 1.84. The first-order chi connectivity index (χ1) is 6.98. The van der Waals surface area contributed by atoms with E-state index < -0.39 is 11.9 Å². The van der Waals surface area contributed by atoms with Gasteiger partial charge < -0.3 is 4.84 Å². The van der Waals surface area contributed by atoms with E-state index in [2.05, 4.69) is 15.0 Å². The summed E-state index contributed by atoms with van der Waals surface area (Å²) >= 11 is 0. The summed E-state index contributed by atoms with van der Waals surface area (Å²) < 4.78 is 36.8. The van der Waals surface area contributed by atoms with Crippen LogP contribution in [0.5, 0.6) is 0 Å². The summed E-state index contributed by atoms with van der Waals surface area (Å²) in [7, 11) is 0. The number of nitrogens with one attached hydrogen (secondary N) is 1. The predicted octanol–water partition coefficient (Wildman–Crippen LogP) is 1.35. The third-order valence-electron chi connectivity index (χ3n) is 2.65. The van der Waals surface area contributed by atoms with Crippen molar-refractivity contribution in [2.45, 2.75) is 24.4 Å². The molecule has 1 fully saturated rings. The molecule has 4 nitrogen and oxygen atoms in total. The zero-order valence-corrected chi connectivity index (χ0v) is 7.77. The van der Waals surface area contributed by atoms with Gasteiger partial charge in [0, 0.05) is 11.1 Å². The number of H-pyrrole nitrogens is 1. The van der Waals surface area contributed by atoms with Gasteiger partial charge in [-0.25, -0.2) is 5.90 Å². The highest BCUT2D eigenvalue weighted by molar-refractivity contribution is 5.27. The molecule has 0 radical (unpaired) electrons. The molecule has 0 atom stereocenters. The highest BCUT2D eigenvalue weighted by Gasteiger charge is 2.47. The van der Waals surface area contributed by atoms with Crippen molar-refractivity contribution < 1.29 is 18.0 Å². The Morgan fingerprint density at radius 1 is 1.53 bits per heavy atom. The van der Waals surface area contributed by atoms with Crippen molar-refractivity contribution in [3.63, 3.8) is 0 Å². The monoisotopic (exact) mass is 221 g/mol. The minimum atomic E-state index is -4.41. The van der Waals surface area contributed by atoms with E-state index in [0.29, 0.717) is 5.69 Å². The van der Waals surface area contributed by atoms with E-state index >= 15 is 0 Å². The number of nitrogens with zero attached hydrogens (tertiary/aromatic N) is 1. The molecule has 1 heterocycles. The summed E-state index contributed by atoms with van der Waals surface area (Å²) in [5, 5.41) is 5.62. The lowest BCUT2D eigenvalue weighted by Gasteiger charge is -2.09. The number of alkyl halides is 3. The van der Waals surface area contributed by atoms with Gasteiger partial charge in [-0.3, -0.25) is 5.10 Å². The Kier molecular flexibility index (Phi) is 2.23. The van der Waals surface area contributed by atoms with Crippen LogP contribution in [-0.2, 0) is 16.4 Å². The van der Waals surface area contributed by atoms with Crippen molar-refractivity contribution in [2.75, 3.05) is 6.61 Å². The van der Waals surface area contributed by atoms with Crippen LogP contribution in [0.2, 0.25) is 0 Å². The fourth-order valence-electron chi connectivity index (χ4n) is 1.54. The Morgan fingerprint density at radius 2 is 2.20 bits per heavy atom. The second kappa shape index (κ2) is 3.21. The SMILES string of the molecule is NOCC1(c2cc(C(F)(F)F)n[nH]2)CC1. The van der Waals surface area contributed by atoms with Gasteiger partial charge in [-0.2, -0.15) is 18.3 Å². The quantitative estimate of drug-likeness (QED) is 0.757. The molecule has 3 N–H and O–H groups in total. The van der Waals surface area contributed by atoms with Gasteiger partial charge in [-0.1, -0.05) is 0 Å². The van der Waals surface area contributed by atoms with Gasteiger partial charge in [-0.15, -0.1) is 0 Å². The number of halogens is 3. The fourth-order valence-corrected chi connectivity index (χ4v) is 1.54. The molecule has 1 aromatic heterocycles. The van der Waals surface area contributed by atoms with Crippen LogP contribution in [0.15, 0.2) is 6.07 Å². The zero-order valence-electron chi connectivity index (χ0n) is 7.77. The molecule has 0 aliphatic heterocycles. The summed E-state index contributed by atoms with van der Waals surface area (Å²) in [6.45, 7) is 0.215. The van der Waals surface area contributed by atoms with Crippen LogP contribution in [0.4, 0.5) is 13.2 Å². The van der Waals surface area contributed by atoms with Crippen LogP contribution in [0.25, 0.3) is 0 Å². The number of hydrogen-bond acceptors (Lipinski definition) is 3. The largest absolute Gasteiger partial charge is 0.435 e. The maximum atomic E-state index is 12.3. The van der Waals surface area contributed by atoms with E-state index in [1.54, 1.807) is 0 Å². The molecule has 1 aromatic rings. The summed E-state index contributed by atoms with van der Waals surface area (Å²) in [5.41, 5.74) is -0.841.